The molecule has 2 N–H and O–H groups in total. The van der Waals surface area contributed by atoms with Crippen LogP contribution < -0.4 is 10.6 Å². The number of guanidine groups is 1. The van der Waals surface area contributed by atoms with Crippen LogP contribution in [0.4, 0.5) is 13.2 Å². The Morgan fingerprint density at radius 3 is 2.33 bits per heavy atom. The van der Waals surface area contributed by atoms with Crippen molar-refractivity contribution in [2.75, 3.05) is 39.8 Å². The van der Waals surface area contributed by atoms with Gasteiger partial charge in [0, 0.05) is 39.3 Å². The molecule has 170 valence electrons. The minimum Gasteiger partial charge on any atom is -0.352 e. The number of halogens is 4. The predicted octanol–water partition coefficient (Wildman–Crippen LogP) is 3.59. The van der Waals surface area contributed by atoms with E-state index in [-0.39, 0.29) is 30.0 Å². The first kappa shape index (κ1) is 25.2. The second-order valence-corrected chi connectivity index (χ2v) is 8.06. The maximum Gasteiger partial charge on any atom is 0.401 e. The van der Waals surface area contributed by atoms with E-state index in [9.17, 15) is 13.2 Å². The predicted molar refractivity (Wildman–Crippen MR) is 125 cm³/mol. The second kappa shape index (κ2) is 12.1. The van der Waals surface area contributed by atoms with Gasteiger partial charge in [-0.2, -0.15) is 13.2 Å². The van der Waals surface area contributed by atoms with Crippen LogP contribution in [-0.2, 0) is 13.1 Å². The highest BCUT2D eigenvalue weighted by Gasteiger charge is 2.34. The van der Waals surface area contributed by atoms with Crippen molar-refractivity contribution < 1.29 is 13.2 Å². The molecule has 5 nitrogen and oxygen atoms in total. The molecule has 1 atom stereocenters. The summed E-state index contributed by atoms with van der Waals surface area (Å²) in [5.41, 5.74) is 2.48. The van der Waals surface area contributed by atoms with Gasteiger partial charge in [0.15, 0.2) is 5.96 Å². The van der Waals surface area contributed by atoms with Crippen molar-refractivity contribution in [1.82, 2.24) is 20.4 Å². The lowest BCUT2D eigenvalue weighted by molar-refractivity contribution is -0.143. The highest BCUT2D eigenvalue weighted by atomic mass is 127. The lowest BCUT2D eigenvalue weighted by Gasteiger charge is -2.26. The van der Waals surface area contributed by atoms with Crippen LogP contribution in [0.5, 0.6) is 0 Å². The Kier molecular flexibility index (Phi) is 10.2. The van der Waals surface area contributed by atoms with Crippen LogP contribution in [0.25, 0.3) is 0 Å². The molecule has 1 aromatic rings. The Morgan fingerprint density at radius 1 is 1.03 bits per heavy atom. The number of hydrogen-bond acceptors (Lipinski definition) is 3. The van der Waals surface area contributed by atoms with E-state index in [1.165, 1.54) is 42.8 Å². The van der Waals surface area contributed by atoms with Crippen molar-refractivity contribution in [3.05, 3.63) is 35.4 Å². The van der Waals surface area contributed by atoms with Crippen molar-refractivity contribution in [1.29, 1.82) is 0 Å². The molecule has 2 aliphatic rings. The molecule has 0 radical (unpaired) electrons. The maximum atomic E-state index is 12.5. The molecule has 2 fully saturated rings. The van der Waals surface area contributed by atoms with Gasteiger partial charge in [0.25, 0.3) is 0 Å². The fourth-order valence-corrected chi connectivity index (χ4v) is 4.06. The zero-order valence-electron chi connectivity index (χ0n) is 17.5. The van der Waals surface area contributed by atoms with Gasteiger partial charge in [0.2, 0.25) is 0 Å². The number of likely N-dealkylation sites (tertiary alicyclic amines) is 2. The number of benzene rings is 1. The topological polar surface area (TPSA) is 42.9 Å². The van der Waals surface area contributed by atoms with Gasteiger partial charge in [-0.25, -0.2) is 0 Å². The highest BCUT2D eigenvalue weighted by Crippen LogP contribution is 2.20. The zero-order chi connectivity index (χ0) is 20.7. The molecule has 9 heteroatoms. The first-order chi connectivity index (χ1) is 13.9. The largest absolute Gasteiger partial charge is 0.401 e. The summed E-state index contributed by atoms with van der Waals surface area (Å²) in [5.74, 6) is 0.626. The number of aliphatic imine (C=N–C) groups is 1. The third kappa shape index (κ3) is 8.58. The summed E-state index contributed by atoms with van der Waals surface area (Å²) in [4.78, 5) is 8.15. The standard InChI is InChI=1S/C21H32F3N5.HI/c1-25-20(27-19-9-12-29(15-19)16-21(22,23)24)26-13-17-5-7-18(8-6-17)14-28-10-3-2-4-11-28;/h5-8,19H,2-4,9-16H2,1H3,(H2,25,26,27);1H. The molecule has 2 saturated heterocycles. The summed E-state index contributed by atoms with van der Waals surface area (Å²) < 4.78 is 37.6. The van der Waals surface area contributed by atoms with Gasteiger partial charge in [0.1, 0.15) is 0 Å². The first-order valence-corrected chi connectivity index (χ1v) is 10.5. The Hall–Kier alpha value is -1.07. The number of alkyl halides is 3. The van der Waals surface area contributed by atoms with Gasteiger partial charge >= 0.3 is 6.18 Å². The number of hydrogen-bond donors (Lipinski definition) is 2. The Morgan fingerprint density at radius 2 is 1.70 bits per heavy atom. The molecule has 0 spiro atoms. The van der Waals surface area contributed by atoms with E-state index < -0.39 is 12.7 Å². The van der Waals surface area contributed by atoms with E-state index in [0.717, 1.165) is 12.1 Å². The van der Waals surface area contributed by atoms with Gasteiger partial charge in [-0.3, -0.25) is 14.8 Å². The van der Waals surface area contributed by atoms with E-state index in [0.29, 0.717) is 32.0 Å². The summed E-state index contributed by atoms with van der Waals surface area (Å²) in [6.07, 6.45) is 0.473. The molecular weight excluding hydrogens is 506 g/mol. The SMILES string of the molecule is CN=C(NCc1ccc(CN2CCCCC2)cc1)NC1CCN(CC(F)(F)F)C1.I. The van der Waals surface area contributed by atoms with Crippen molar-refractivity contribution >= 4 is 29.9 Å². The minimum atomic E-state index is -4.14. The second-order valence-electron chi connectivity index (χ2n) is 8.06. The van der Waals surface area contributed by atoms with E-state index in [4.69, 9.17) is 0 Å². The van der Waals surface area contributed by atoms with E-state index in [2.05, 4.69) is 44.8 Å². The van der Waals surface area contributed by atoms with Crippen LogP contribution in [0.15, 0.2) is 29.3 Å². The molecule has 30 heavy (non-hydrogen) atoms. The zero-order valence-corrected chi connectivity index (χ0v) is 19.9. The third-order valence-electron chi connectivity index (χ3n) is 5.58. The van der Waals surface area contributed by atoms with Crippen LogP contribution in [0, 0.1) is 0 Å². The number of rotatable bonds is 6. The monoisotopic (exact) mass is 539 g/mol. The summed E-state index contributed by atoms with van der Waals surface area (Å²) in [6.45, 7) is 3.99. The smallest absolute Gasteiger partial charge is 0.352 e. The molecule has 0 aliphatic carbocycles. The van der Waals surface area contributed by atoms with E-state index in [1.54, 1.807) is 7.05 Å². The van der Waals surface area contributed by atoms with Crippen molar-refractivity contribution in [2.45, 2.75) is 51.0 Å². The maximum absolute atomic E-state index is 12.5. The van der Waals surface area contributed by atoms with E-state index in [1.807, 2.05) is 0 Å². The van der Waals surface area contributed by atoms with Crippen LogP contribution in [0.3, 0.4) is 0 Å². The van der Waals surface area contributed by atoms with Gasteiger partial charge in [-0.05, 0) is 43.5 Å². The molecule has 2 heterocycles. The average molecular weight is 539 g/mol. The minimum absolute atomic E-state index is 0. The molecular formula is C21H33F3IN5. The molecule has 0 bridgehead atoms. The number of nitrogens with zero attached hydrogens (tertiary/aromatic N) is 3. The fraction of sp³-hybridized carbons (Fsp3) is 0.667. The van der Waals surface area contributed by atoms with Crippen molar-refractivity contribution in [2.24, 2.45) is 4.99 Å². The Balaban J connectivity index is 0.00000320. The lowest BCUT2D eigenvalue weighted by atomic mass is 10.1. The molecule has 1 unspecified atom stereocenters. The first-order valence-electron chi connectivity index (χ1n) is 10.5. The summed E-state index contributed by atoms with van der Waals surface area (Å²) in [7, 11) is 1.68. The van der Waals surface area contributed by atoms with Crippen LogP contribution in [-0.4, -0.2) is 67.7 Å². The van der Waals surface area contributed by atoms with Crippen LogP contribution in [0.1, 0.15) is 36.8 Å². The third-order valence-corrected chi connectivity index (χ3v) is 5.58. The molecule has 0 amide bonds. The average Bonchev–Trinajstić information content (AvgIpc) is 3.12. The Bertz CT molecular complexity index is 660. The fourth-order valence-electron chi connectivity index (χ4n) is 4.06. The summed E-state index contributed by atoms with van der Waals surface area (Å²) in [5, 5.41) is 6.50. The van der Waals surface area contributed by atoms with Crippen LogP contribution >= 0.6 is 24.0 Å². The molecule has 3 rings (SSSR count). The highest BCUT2D eigenvalue weighted by molar-refractivity contribution is 14.0. The van der Waals surface area contributed by atoms with Crippen molar-refractivity contribution in [3.63, 3.8) is 0 Å². The normalized spacial score (nSPS) is 21.3. The van der Waals surface area contributed by atoms with Crippen LogP contribution in [0.2, 0.25) is 0 Å². The quantitative estimate of drug-likeness (QED) is 0.330. The van der Waals surface area contributed by atoms with Gasteiger partial charge in [-0.1, -0.05) is 30.7 Å². The summed E-state index contributed by atoms with van der Waals surface area (Å²) >= 11 is 0. The van der Waals surface area contributed by atoms with Gasteiger partial charge in [-0.15, -0.1) is 24.0 Å². The Labute approximate surface area is 194 Å². The van der Waals surface area contributed by atoms with E-state index >= 15 is 0 Å². The lowest BCUT2D eigenvalue weighted by Crippen LogP contribution is -2.44. The van der Waals surface area contributed by atoms with Gasteiger partial charge < -0.3 is 10.6 Å². The molecule has 1 aromatic carbocycles. The van der Waals surface area contributed by atoms with Crippen molar-refractivity contribution in [3.8, 4) is 0 Å². The summed E-state index contributed by atoms with van der Waals surface area (Å²) in [6, 6.07) is 8.58. The molecule has 2 aliphatic heterocycles. The van der Waals surface area contributed by atoms with Gasteiger partial charge in [0.05, 0.1) is 6.54 Å². The molecule has 0 saturated carbocycles. The molecule has 0 aromatic heterocycles. The number of piperidine rings is 1. The number of nitrogens with one attached hydrogen (secondary N) is 2.